The van der Waals surface area contributed by atoms with E-state index in [1.165, 1.54) is 5.56 Å². The Morgan fingerprint density at radius 1 is 1.19 bits per heavy atom. The van der Waals surface area contributed by atoms with E-state index in [2.05, 4.69) is 54.4 Å². The number of rotatable bonds is 3. The van der Waals surface area contributed by atoms with Gasteiger partial charge in [-0.1, -0.05) is 30.3 Å². The molecule has 0 saturated carbocycles. The summed E-state index contributed by atoms with van der Waals surface area (Å²) in [4.78, 5) is 7.28. The predicted octanol–water partition coefficient (Wildman–Crippen LogP) is 2.80. The lowest BCUT2D eigenvalue weighted by atomic mass is 9.87. The molecular weight excluding hydrogens is 336 g/mol. The van der Waals surface area contributed by atoms with E-state index in [0.717, 1.165) is 67.2 Å². The maximum Gasteiger partial charge on any atom is 0.147 e. The molecule has 1 saturated heterocycles. The maximum absolute atomic E-state index is 9.98. The molecule has 3 heterocycles. The van der Waals surface area contributed by atoms with Crippen molar-refractivity contribution in [3.63, 3.8) is 0 Å². The average molecular weight is 362 g/mol. The van der Waals surface area contributed by atoms with Crippen LogP contribution in [0.5, 0.6) is 0 Å². The smallest absolute Gasteiger partial charge is 0.147 e. The molecule has 2 aliphatic rings. The molecule has 27 heavy (non-hydrogen) atoms. The third-order valence-corrected chi connectivity index (χ3v) is 5.43. The molecule has 2 aromatic rings. The van der Waals surface area contributed by atoms with Crippen molar-refractivity contribution in [2.24, 2.45) is 0 Å². The molecule has 0 aliphatic carbocycles. The monoisotopic (exact) mass is 362 g/mol. The highest BCUT2D eigenvalue weighted by molar-refractivity contribution is 5.62. The molecule has 4 rings (SSSR count). The fourth-order valence-electron chi connectivity index (χ4n) is 3.98. The van der Waals surface area contributed by atoms with Crippen molar-refractivity contribution in [3.05, 3.63) is 58.3 Å². The van der Waals surface area contributed by atoms with Crippen LogP contribution in [0.25, 0.3) is 0 Å². The SMILES string of the molecule is CC1(C)Cc2c(C#N)c(N3CCNCC3)nc(Cc3ccccc3)c2CO1. The highest BCUT2D eigenvalue weighted by Crippen LogP contribution is 2.36. The van der Waals surface area contributed by atoms with Gasteiger partial charge in [-0.05, 0) is 25.0 Å². The average Bonchev–Trinajstić information content (AvgIpc) is 2.68. The number of fused-ring (bicyclic) bond motifs is 1. The van der Waals surface area contributed by atoms with Gasteiger partial charge in [-0.2, -0.15) is 5.26 Å². The van der Waals surface area contributed by atoms with E-state index in [0.29, 0.717) is 6.61 Å². The molecule has 0 radical (unpaired) electrons. The summed E-state index contributed by atoms with van der Waals surface area (Å²) in [6.07, 6.45) is 1.51. The molecule has 0 unspecified atom stereocenters. The van der Waals surface area contributed by atoms with E-state index >= 15 is 0 Å². The van der Waals surface area contributed by atoms with Gasteiger partial charge in [0.05, 0.1) is 23.5 Å². The van der Waals surface area contributed by atoms with Crippen molar-refractivity contribution in [2.45, 2.75) is 38.9 Å². The van der Waals surface area contributed by atoms with Gasteiger partial charge in [-0.3, -0.25) is 0 Å². The van der Waals surface area contributed by atoms with Crippen LogP contribution in [0.4, 0.5) is 5.82 Å². The Bertz CT molecular complexity index is 864. The van der Waals surface area contributed by atoms with Crippen LogP contribution in [0.2, 0.25) is 0 Å². The number of nitrogens with one attached hydrogen (secondary N) is 1. The van der Waals surface area contributed by atoms with Crippen LogP contribution in [0, 0.1) is 11.3 Å². The number of ether oxygens (including phenoxy) is 1. The normalized spacial score (nSPS) is 18.6. The van der Waals surface area contributed by atoms with Crippen LogP contribution in [0.3, 0.4) is 0 Å². The largest absolute Gasteiger partial charge is 0.370 e. The maximum atomic E-state index is 9.98. The Morgan fingerprint density at radius 3 is 2.63 bits per heavy atom. The second-order valence-electron chi connectivity index (χ2n) is 7.95. The number of benzene rings is 1. The fraction of sp³-hybridized carbons (Fsp3) is 0.455. The van der Waals surface area contributed by atoms with Crippen molar-refractivity contribution < 1.29 is 4.74 Å². The first-order valence-electron chi connectivity index (χ1n) is 9.66. The van der Waals surface area contributed by atoms with Gasteiger partial charge >= 0.3 is 0 Å². The lowest BCUT2D eigenvalue weighted by molar-refractivity contribution is -0.0406. The van der Waals surface area contributed by atoms with Gasteiger partial charge in [0.15, 0.2) is 0 Å². The number of hydrogen-bond donors (Lipinski definition) is 1. The molecule has 1 fully saturated rings. The standard InChI is InChI=1S/C22H26N4O/c1-22(2)13-17-18(14-23)21(26-10-8-24-9-11-26)25-20(19(17)15-27-22)12-16-6-4-3-5-7-16/h3-7,24H,8-13,15H2,1-2H3. The number of pyridine rings is 1. The van der Waals surface area contributed by atoms with Gasteiger partial charge in [-0.15, -0.1) is 0 Å². The lowest BCUT2D eigenvalue weighted by Crippen LogP contribution is -2.44. The first-order valence-corrected chi connectivity index (χ1v) is 9.66. The molecule has 0 atom stereocenters. The molecule has 1 aromatic carbocycles. The summed E-state index contributed by atoms with van der Waals surface area (Å²) in [5.74, 6) is 0.849. The molecule has 0 spiro atoms. The number of piperazine rings is 1. The minimum Gasteiger partial charge on any atom is -0.370 e. The van der Waals surface area contributed by atoms with Crippen LogP contribution < -0.4 is 10.2 Å². The Morgan fingerprint density at radius 2 is 1.93 bits per heavy atom. The van der Waals surface area contributed by atoms with Crippen LogP contribution in [-0.2, 0) is 24.2 Å². The lowest BCUT2D eigenvalue weighted by Gasteiger charge is -2.36. The second-order valence-corrected chi connectivity index (χ2v) is 7.95. The minimum atomic E-state index is -0.259. The zero-order valence-electron chi connectivity index (χ0n) is 16.1. The van der Waals surface area contributed by atoms with Crippen LogP contribution in [0.1, 0.15) is 41.8 Å². The second kappa shape index (κ2) is 7.30. The molecule has 0 amide bonds. The topological polar surface area (TPSA) is 61.2 Å². The van der Waals surface area contributed by atoms with Crippen LogP contribution in [0.15, 0.2) is 30.3 Å². The quantitative estimate of drug-likeness (QED) is 0.910. The van der Waals surface area contributed by atoms with Crippen molar-refractivity contribution in [1.29, 1.82) is 5.26 Å². The Hall–Kier alpha value is -2.42. The third-order valence-electron chi connectivity index (χ3n) is 5.43. The summed E-state index contributed by atoms with van der Waals surface area (Å²) < 4.78 is 6.08. The summed E-state index contributed by atoms with van der Waals surface area (Å²) in [5, 5.41) is 13.4. The Balaban J connectivity index is 1.84. The number of hydrogen-bond acceptors (Lipinski definition) is 5. The van der Waals surface area contributed by atoms with Gasteiger partial charge in [0.2, 0.25) is 0 Å². The first kappa shape index (κ1) is 18.0. The third kappa shape index (κ3) is 3.69. The van der Waals surface area contributed by atoms with E-state index in [1.807, 2.05) is 6.07 Å². The summed E-state index contributed by atoms with van der Waals surface area (Å²) in [6.45, 7) is 8.32. The van der Waals surface area contributed by atoms with Crippen molar-refractivity contribution in [3.8, 4) is 6.07 Å². The predicted molar refractivity (Wildman–Crippen MR) is 106 cm³/mol. The number of anilines is 1. The van der Waals surface area contributed by atoms with Crippen molar-refractivity contribution >= 4 is 5.82 Å². The molecule has 2 aliphatic heterocycles. The molecule has 1 N–H and O–H groups in total. The minimum absolute atomic E-state index is 0.259. The fourth-order valence-corrected chi connectivity index (χ4v) is 3.98. The van der Waals surface area contributed by atoms with Gasteiger partial charge < -0.3 is 15.0 Å². The van der Waals surface area contributed by atoms with E-state index in [-0.39, 0.29) is 5.60 Å². The summed E-state index contributed by atoms with van der Waals surface area (Å²) in [6, 6.07) is 12.9. The number of nitriles is 1. The van der Waals surface area contributed by atoms with Gasteiger partial charge in [0.1, 0.15) is 11.9 Å². The molecule has 5 nitrogen and oxygen atoms in total. The Kier molecular flexibility index (Phi) is 4.86. The van der Waals surface area contributed by atoms with Crippen LogP contribution >= 0.6 is 0 Å². The summed E-state index contributed by atoms with van der Waals surface area (Å²) in [7, 11) is 0. The molecule has 0 bridgehead atoms. The van der Waals surface area contributed by atoms with Gasteiger partial charge in [-0.25, -0.2) is 4.98 Å². The van der Waals surface area contributed by atoms with E-state index in [9.17, 15) is 5.26 Å². The van der Waals surface area contributed by atoms with Gasteiger partial charge in [0, 0.05) is 44.6 Å². The molecule has 5 heteroatoms. The van der Waals surface area contributed by atoms with E-state index in [1.54, 1.807) is 0 Å². The zero-order chi connectivity index (χ0) is 18.9. The summed E-state index contributed by atoms with van der Waals surface area (Å²) >= 11 is 0. The Labute approximate surface area is 161 Å². The van der Waals surface area contributed by atoms with Crippen molar-refractivity contribution in [2.75, 3.05) is 31.1 Å². The first-order chi connectivity index (χ1) is 13.1. The van der Waals surface area contributed by atoms with Crippen molar-refractivity contribution in [1.82, 2.24) is 10.3 Å². The number of aromatic nitrogens is 1. The van der Waals surface area contributed by atoms with Crippen LogP contribution in [-0.4, -0.2) is 36.8 Å². The molecule has 1 aromatic heterocycles. The van der Waals surface area contributed by atoms with Gasteiger partial charge in [0.25, 0.3) is 0 Å². The number of nitrogens with zero attached hydrogens (tertiary/aromatic N) is 3. The summed E-state index contributed by atoms with van der Waals surface area (Å²) in [5.41, 5.74) is 4.98. The molecular formula is C22H26N4O. The highest BCUT2D eigenvalue weighted by atomic mass is 16.5. The highest BCUT2D eigenvalue weighted by Gasteiger charge is 2.33. The zero-order valence-corrected chi connectivity index (χ0v) is 16.1. The van der Waals surface area contributed by atoms with E-state index in [4.69, 9.17) is 9.72 Å². The molecule has 140 valence electrons. The van der Waals surface area contributed by atoms with E-state index < -0.39 is 0 Å².